The first-order valence-corrected chi connectivity index (χ1v) is 6.12. The van der Waals surface area contributed by atoms with E-state index in [0.29, 0.717) is 6.61 Å². The summed E-state index contributed by atoms with van der Waals surface area (Å²) >= 11 is 0. The van der Waals surface area contributed by atoms with Gasteiger partial charge in [0.2, 0.25) is 0 Å². The Morgan fingerprint density at radius 3 is 3.06 bits per heavy atom. The third kappa shape index (κ3) is 3.08. The predicted molar refractivity (Wildman–Crippen MR) is 75.0 cm³/mol. The fraction of sp³-hybridized carbons (Fsp3) is 0.267. The minimum absolute atomic E-state index is 0.628. The van der Waals surface area contributed by atoms with Gasteiger partial charge >= 0.3 is 0 Å². The van der Waals surface area contributed by atoms with Crippen LogP contribution in [0.15, 0.2) is 43.0 Å². The van der Waals surface area contributed by atoms with Crippen LogP contribution in [-0.4, -0.2) is 24.7 Å². The Labute approximate surface area is 107 Å². The Balaban J connectivity index is 2.08. The first kappa shape index (κ1) is 12.6. The number of aryl methyl sites for hydroxylation is 1. The van der Waals surface area contributed by atoms with Gasteiger partial charge in [0.1, 0.15) is 17.9 Å². The molecule has 3 heteroatoms. The molecule has 0 amide bonds. The number of hydrogen-bond acceptors (Lipinski definition) is 3. The minimum Gasteiger partial charge on any atom is -0.490 e. The van der Waals surface area contributed by atoms with E-state index in [9.17, 15) is 0 Å². The molecule has 0 spiro atoms. The van der Waals surface area contributed by atoms with Gasteiger partial charge in [-0.25, -0.2) is 4.98 Å². The van der Waals surface area contributed by atoms with Gasteiger partial charge in [0, 0.05) is 24.2 Å². The van der Waals surface area contributed by atoms with Gasteiger partial charge in [-0.2, -0.15) is 0 Å². The fourth-order valence-electron chi connectivity index (χ4n) is 1.77. The summed E-state index contributed by atoms with van der Waals surface area (Å²) in [7, 11) is 0. The zero-order valence-corrected chi connectivity index (χ0v) is 10.6. The average molecular weight is 242 g/mol. The van der Waals surface area contributed by atoms with E-state index in [4.69, 9.17) is 4.74 Å². The van der Waals surface area contributed by atoms with Crippen molar-refractivity contribution in [1.82, 2.24) is 10.3 Å². The summed E-state index contributed by atoms with van der Waals surface area (Å²) < 4.78 is 5.76. The van der Waals surface area contributed by atoms with E-state index in [2.05, 4.69) is 22.9 Å². The standard InChI is InChI=1S/C15H18N2O/c1-3-9-16-10-11-18-14-6-4-5-13-8-7-12(2)17-15(13)14/h3-8,16H,1,9-11H2,2H3. The van der Waals surface area contributed by atoms with Gasteiger partial charge in [-0.1, -0.05) is 24.3 Å². The highest BCUT2D eigenvalue weighted by Gasteiger charge is 2.03. The summed E-state index contributed by atoms with van der Waals surface area (Å²) in [6.45, 7) is 7.87. The molecule has 0 saturated carbocycles. The molecule has 18 heavy (non-hydrogen) atoms. The van der Waals surface area contributed by atoms with Crippen molar-refractivity contribution in [2.24, 2.45) is 0 Å². The maximum Gasteiger partial charge on any atom is 0.145 e. The average Bonchev–Trinajstić information content (AvgIpc) is 2.39. The molecule has 94 valence electrons. The SMILES string of the molecule is C=CCNCCOc1cccc2ccc(C)nc12. The number of pyridine rings is 1. The smallest absolute Gasteiger partial charge is 0.145 e. The van der Waals surface area contributed by atoms with Crippen LogP contribution in [0.4, 0.5) is 0 Å². The molecule has 0 bridgehead atoms. The summed E-state index contributed by atoms with van der Waals surface area (Å²) in [5.74, 6) is 0.844. The summed E-state index contributed by atoms with van der Waals surface area (Å²) in [4.78, 5) is 4.53. The molecular formula is C15H18N2O. The van der Waals surface area contributed by atoms with Crippen molar-refractivity contribution in [2.45, 2.75) is 6.92 Å². The second-order valence-electron chi connectivity index (χ2n) is 4.12. The molecule has 3 nitrogen and oxygen atoms in total. The van der Waals surface area contributed by atoms with E-state index in [1.165, 1.54) is 0 Å². The predicted octanol–water partition coefficient (Wildman–Crippen LogP) is 2.70. The third-order valence-corrected chi connectivity index (χ3v) is 2.65. The molecule has 0 aliphatic heterocycles. The number of fused-ring (bicyclic) bond motifs is 1. The highest BCUT2D eigenvalue weighted by atomic mass is 16.5. The molecule has 1 aromatic heterocycles. The first-order valence-electron chi connectivity index (χ1n) is 6.12. The molecule has 0 aliphatic carbocycles. The zero-order valence-electron chi connectivity index (χ0n) is 10.6. The maximum atomic E-state index is 5.76. The third-order valence-electron chi connectivity index (χ3n) is 2.65. The molecule has 0 atom stereocenters. The second-order valence-corrected chi connectivity index (χ2v) is 4.12. The lowest BCUT2D eigenvalue weighted by molar-refractivity contribution is 0.319. The van der Waals surface area contributed by atoms with Crippen molar-refractivity contribution in [3.05, 3.63) is 48.7 Å². The molecule has 0 saturated heterocycles. The summed E-state index contributed by atoms with van der Waals surface area (Å²) in [6.07, 6.45) is 1.84. The number of hydrogen-bond donors (Lipinski definition) is 1. The quantitative estimate of drug-likeness (QED) is 0.624. The largest absolute Gasteiger partial charge is 0.490 e. The van der Waals surface area contributed by atoms with Gasteiger partial charge in [-0.05, 0) is 19.1 Å². The van der Waals surface area contributed by atoms with Crippen LogP contribution >= 0.6 is 0 Å². The van der Waals surface area contributed by atoms with E-state index < -0.39 is 0 Å². The molecule has 1 heterocycles. The van der Waals surface area contributed by atoms with Crippen LogP contribution in [0.3, 0.4) is 0 Å². The number of aromatic nitrogens is 1. The van der Waals surface area contributed by atoms with Crippen LogP contribution in [0.5, 0.6) is 5.75 Å². The molecule has 2 rings (SSSR count). The van der Waals surface area contributed by atoms with Crippen LogP contribution in [0.2, 0.25) is 0 Å². The Bertz CT molecular complexity index is 537. The van der Waals surface area contributed by atoms with Gasteiger partial charge < -0.3 is 10.1 Å². The van der Waals surface area contributed by atoms with Gasteiger partial charge in [-0.3, -0.25) is 0 Å². The van der Waals surface area contributed by atoms with Gasteiger partial charge in [0.25, 0.3) is 0 Å². The summed E-state index contributed by atoms with van der Waals surface area (Å²) in [5.41, 5.74) is 1.93. The topological polar surface area (TPSA) is 34.1 Å². The lowest BCUT2D eigenvalue weighted by Gasteiger charge is -2.09. The number of ether oxygens (including phenoxy) is 1. The number of rotatable bonds is 6. The Hall–Kier alpha value is -1.87. The molecule has 0 fully saturated rings. The highest BCUT2D eigenvalue weighted by molar-refractivity contribution is 5.84. The molecule has 1 N–H and O–H groups in total. The summed E-state index contributed by atoms with van der Waals surface area (Å²) in [5, 5.41) is 4.31. The van der Waals surface area contributed by atoms with Crippen molar-refractivity contribution in [2.75, 3.05) is 19.7 Å². The molecular weight excluding hydrogens is 224 g/mol. The first-order chi connectivity index (χ1) is 8.81. The van der Waals surface area contributed by atoms with Crippen LogP contribution in [0, 0.1) is 6.92 Å². The van der Waals surface area contributed by atoms with Crippen molar-refractivity contribution in [3.63, 3.8) is 0 Å². The van der Waals surface area contributed by atoms with Crippen LogP contribution in [0.25, 0.3) is 10.9 Å². The number of nitrogens with zero attached hydrogens (tertiary/aromatic N) is 1. The Morgan fingerprint density at radius 2 is 2.22 bits per heavy atom. The zero-order chi connectivity index (χ0) is 12.8. The molecule has 0 unspecified atom stereocenters. The molecule has 1 aromatic carbocycles. The van der Waals surface area contributed by atoms with Crippen molar-refractivity contribution in [3.8, 4) is 5.75 Å². The molecule has 0 radical (unpaired) electrons. The molecule has 0 aliphatic rings. The fourth-order valence-corrected chi connectivity index (χ4v) is 1.77. The van der Waals surface area contributed by atoms with E-state index >= 15 is 0 Å². The normalized spacial score (nSPS) is 10.5. The van der Waals surface area contributed by atoms with Crippen molar-refractivity contribution < 1.29 is 4.74 Å². The van der Waals surface area contributed by atoms with E-state index in [1.807, 2.05) is 37.3 Å². The summed E-state index contributed by atoms with van der Waals surface area (Å²) in [6, 6.07) is 10.1. The number of para-hydroxylation sites is 1. The molecule has 2 aromatic rings. The Morgan fingerprint density at radius 1 is 1.33 bits per heavy atom. The van der Waals surface area contributed by atoms with E-state index in [1.54, 1.807) is 0 Å². The highest BCUT2D eigenvalue weighted by Crippen LogP contribution is 2.23. The van der Waals surface area contributed by atoms with E-state index in [0.717, 1.165) is 35.4 Å². The van der Waals surface area contributed by atoms with Crippen molar-refractivity contribution in [1.29, 1.82) is 0 Å². The van der Waals surface area contributed by atoms with Crippen LogP contribution in [-0.2, 0) is 0 Å². The maximum absolute atomic E-state index is 5.76. The lowest BCUT2D eigenvalue weighted by atomic mass is 10.2. The van der Waals surface area contributed by atoms with Crippen molar-refractivity contribution >= 4 is 10.9 Å². The van der Waals surface area contributed by atoms with Crippen LogP contribution < -0.4 is 10.1 Å². The Kier molecular flexibility index (Phi) is 4.31. The number of benzene rings is 1. The van der Waals surface area contributed by atoms with Gasteiger partial charge in [0.15, 0.2) is 0 Å². The minimum atomic E-state index is 0.628. The monoisotopic (exact) mass is 242 g/mol. The van der Waals surface area contributed by atoms with E-state index in [-0.39, 0.29) is 0 Å². The lowest BCUT2D eigenvalue weighted by Crippen LogP contribution is -2.20. The van der Waals surface area contributed by atoms with Gasteiger partial charge in [0.05, 0.1) is 0 Å². The van der Waals surface area contributed by atoms with Gasteiger partial charge in [-0.15, -0.1) is 6.58 Å². The second kappa shape index (κ2) is 6.17. The number of nitrogens with one attached hydrogen (secondary N) is 1. The van der Waals surface area contributed by atoms with Crippen LogP contribution in [0.1, 0.15) is 5.69 Å².